The quantitative estimate of drug-likeness (QED) is 0.819. The summed E-state index contributed by atoms with van der Waals surface area (Å²) in [7, 11) is 0. The molecule has 0 aliphatic carbocycles. The van der Waals surface area contributed by atoms with Crippen molar-refractivity contribution < 1.29 is 9.63 Å². The zero-order valence-corrected chi connectivity index (χ0v) is 9.64. The van der Waals surface area contributed by atoms with Crippen LogP contribution in [0.15, 0.2) is 10.6 Å². The van der Waals surface area contributed by atoms with Crippen molar-refractivity contribution in [2.75, 3.05) is 13.1 Å². The molecular weight excluding hydrogens is 216 g/mol. The summed E-state index contributed by atoms with van der Waals surface area (Å²) in [5, 5.41) is 17.0. The lowest BCUT2D eigenvalue weighted by molar-refractivity contribution is 0.0508. The van der Waals surface area contributed by atoms with Crippen LogP contribution in [0.25, 0.3) is 0 Å². The summed E-state index contributed by atoms with van der Waals surface area (Å²) >= 11 is 0. The van der Waals surface area contributed by atoms with E-state index >= 15 is 0 Å². The van der Waals surface area contributed by atoms with Gasteiger partial charge in [0, 0.05) is 19.0 Å². The third kappa shape index (κ3) is 3.19. The normalized spacial score (nSPS) is 25.2. The molecule has 1 fully saturated rings. The molecule has 2 rings (SSSR count). The Hall–Kier alpha value is -0.580. The van der Waals surface area contributed by atoms with Gasteiger partial charge in [-0.2, -0.15) is 0 Å². The second-order valence-corrected chi connectivity index (χ2v) is 4.09. The van der Waals surface area contributed by atoms with Crippen LogP contribution in [0.3, 0.4) is 0 Å². The van der Waals surface area contributed by atoms with Crippen LogP contribution in [-0.2, 0) is 6.42 Å². The lowest BCUT2D eigenvalue weighted by Gasteiger charge is -2.19. The molecule has 1 aliphatic rings. The Kier molecular flexibility index (Phi) is 4.13. The molecule has 1 aromatic rings. The van der Waals surface area contributed by atoms with Crippen LogP contribution in [0, 0.1) is 6.92 Å². The molecule has 0 saturated carbocycles. The molecule has 0 aromatic carbocycles. The van der Waals surface area contributed by atoms with E-state index in [4.69, 9.17) is 4.52 Å². The van der Waals surface area contributed by atoms with Crippen LogP contribution in [0.2, 0.25) is 0 Å². The SMILES string of the molecule is Cc1cc(CCC2(O)CCNC2)on1.Cl. The Morgan fingerprint density at radius 3 is 3.00 bits per heavy atom. The number of hydrogen-bond acceptors (Lipinski definition) is 4. The first kappa shape index (κ1) is 12.5. The predicted octanol–water partition coefficient (Wildman–Crippen LogP) is 1.06. The zero-order chi connectivity index (χ0) is 10.0. The molecule has 1 unspecified atom stereocenters. The van der Waals surface area contributed by atoms with Gasteiger partial charge in [0.05, 0.1) is 11.3 Å². The lowest BCUT2D eigenvalue weighted by Crippen LogP contribution is -2.31. The van der Waals surface area contributed by atoms with Crippen LogP contribution < -0.4 is 5.32 Å². The molecule has 2 N–H and O–H groups in total. The summed E-state index contributed by atoms with van der Waals surface area (Å²) in [4.78, 5) is 0. The van der Waals surface area contributed by atoms with Gasteiger partial charge in [-0.15, -0.1) is 12.4 Å². The summed E-state index contributed by atoms with van der Waals surface area (Å²) in [5.41, 5.74) is 0.359. The molecule has 1 aliphatic heterocycles. The van der Waals surface area contributed by atoms with Crippen LogP contribution in [-0.4, -0.2) is 29.0 Å². The largest absolute Gasteiger partial charge is 0.389 e. The van der Waals surface area contributed by atoms with Crippen molar-refractivity contribution in [1.29, 1.82) is 0 Å². The van der Waals surface area contributed by atoms with E-state index in [0.717, 1.165) is 37.3 Å². The van der Waals surface area contributed by atoms with E-state index in [1.807, 2.05) is 13.0 Å². The molecule has 5 heteroatoms. The van der Waals surface area contributed by atoms with Gasteiger partial charge in [-0.05, 0) is 26.3 Å². The molecule has 0 bridgehead atoms. The summed E-state index contributed by atoms with van der Waals surface area (Å²) in [6, 6.07) is 1.92. The summed E-state index contributed by atoms with van der Waals surface area (Å²) in [6.45, 7) is 3.50. The van der Waals surface area contributed by atoms with Gasteiger partial charge in [-0.25, -0.2) is 0 Å². The van der Waals surface area contributed by atoms with E-state index in [0.29, 0.717) is 6.54 Å². The summed E-state index contributed by atoms with van der Waals surface area (Å²) in [5.74, 6) is 0.864. The highest BCUT2D eigenvalue weighted by Crippen LogP contribution is 2.21. The number of nitrogens with zero attached hydrogens (tertiary/aromatic N) is 1. The number of aryl methyl sites for hydroxylation is 2. The minimum Gasteiger partial charge on any atom is -0.389 e. The van der Waals surface area contributed by atoms with Crippen molar-refractivity contribution in [2.24, 2.45) is 0 Å². The number of aliphatic hydroxyl groups is 1. The number of β-amino-alcohol motifs (C(OH)–C–C–N with tert-alkyl or cyclic N) is 1. The van der Waals surface area contributed by atoms with Crippen molar-refractivity contribution >= 4 is 12.4 Å². The van der Waals surface area contributed by atoms with E-state index < -0.39 is 5.60 Å². The van der Waals surface area contributed by atoms with Crippen LogP contribution >= 0.6 is 12.4 Å². The van der Waals surface area contributed by atoms with Gasteiger partial charge >= 0.3 is 0 Å². The van der Waals surface area contributed by atoms with E-state index in [2.05, 4.69) is 10.5 Å². The fourth-order valence-corrected chi connectivity index (χ4v) is 1.83. The molecular formula is C10H17ClN2O2. The Balaban J connectivity index is 0.00000112. The van der Waals surface area contributed by atoms with Gasteiger partial charge in [0.15, 0.2) is 0 Å². The minimum atomic E-state index is -0.541. The molecule has 0 spiro atoms. The number of nitrogens with one attached hydrogen (secondary N) is 1. The number of hydrogen-bond donors (Lipinski definition) is 2. The summed E-state index contributed by atoms with van der Waals surface area (Å²) < 4.78 is 5.09. The zero-order valence-electron chi connectivity index (χ0n) is 8.82. The van der Waals surface area contributed by atoms with Crippen molar-refractivity contribution in [3.8, 4) is 0 Å². The first-order valence-electron chi connectivity index (χ1n) is 5.03. The van der Waals surface area contributed by atoms with E-state index in [1.54, 1.807) is 0 Å². The van der Waals surface area contributed by atoms with Gasteiger partial charge < -0.3 is 14.9 Å². The predicted molar refractivity (Wildman–Crippen MR) is 59.2 cm³/mol. The highest BCUT2D eigenvalue weighted by molar-refractivity contribution is 5.85. The molecule has 15 heavy (non-hydrogen) atoms. The molecule has 86 valence electrons. The van der Waals surface area contributed by atoms with Crippen molar-refractivity contribution in [1.82, 2.24) is 10.5 Å². The molecule has 4 nitrogen and oxygen atoms in total. The fourth-order valence-electron chi connectivity index (χ4n) is 1.83. The van der Waals surface area contributed by atoms with Gasteiger partial charge in [0.25, 0.3) is 0 Å². The third-order valence-corrected chi connectivity index (χ3v) is 2.73. The van der Waals surface area contributed by atoms with Crippen LogP contribution in [0.5, 0.6) is 0 Å². The van der Waals surface area contributed by atoms with Gasteiger partial charge in [0.2, 0.25) is 0 Å². The average Bonchev–Trinajstić information content (AvgIpc) is 2.73. The fraction of sp³-hybridized carbons (Fsp3) is 0.700. The summed E-state index contributed by atoms with van der Waals surface area (Å²) in [6.07, 6.45) is 2.34. The smallest absolute Gasteiger partial charge is 0.137 e. The van der Waals surface area contributed by atoms with E-state index in [9.17, 15) is 5.11 Å². The Morgan fingerprint density at radius 2 is 2.47 bits per heavy atom. The van der Waals surface area contributed by atoms with Gasteiger partial charge in [-0.1, -0.05) is 5.16 Å². The molecule has 0 radical (unpaired) electrons. The van der Waals surface area contributed by atoms with Crippen LogP contribution in [0.4, 0.5) is 0 Å². The van der Waals surface area contributed by atoms with Crippen molar-refractivity contribution in [3.63, 3.8) is 0 Å². The van der Waals surface area contributed by atoms with Gasteiger partial charge in [-0.3, -0.25) is 0 Å². The molecule has 1 atom stereocenters. The average molecular weight is 233 g/mol. The second kappa shape index (κ2) is 4.96. The first-order chi connectivity index (χ1) is 6.68. The monoisotopic (exact) mass is 232 g/mol. The topological polar surface area (TPSA) is 58.3 Å². The standard InChI is InChI=1S/C10H16N2O2.ClH/c1-8-6-9(14-12-8)2-3-10(13)4-5-11-7-10;/h6,11,13H,2-5,7H2,1H3;1H. The number of halogens is 1. The third-order valence-electron chi connectivity index (χ3n) is 2.73. The first-order valence-corrected chi connectivity index (χ1v) is 5.03. The molecule has 1 saturated heterocycles. The maximum Gasteiger partial charge on any atom is 0.137 e. The van der Waals surface area contributed by atoms with Crippen molar-refractivity contribution in [2.45, 2.75) is 31.8 Å². The highest BCUT2D eigenvalue weighted by Gasteiger charge is 2.30. The number of aromatic nitrogens is 1. The highest BCUT2D eigenvalue weighted by atomic mass is 35.5. The maximum atomic E-state index is 10.0. The van der Waals surface area contributed by atoms with E-state index in [-0.39, 0.29) is 12.4 Å². The molecule has 2 heterocycles. The molecule has 1 aromatic heterocycles. The van der Waals surface area contributed by atoms with Gasteiger partial charge in [0.1, 0.15) is 5.76 Å². The Bertz CT molecular complexity index is 308. The maximum absolute atomic E-state index is 10.0. The van der Waals surface area contributed by atoms with Crippen molar-refractivity contribution in [3.05, 3.63) is 17.5 Å². The lowest BCUT2D eigenvalue weighted by atomic mass is 9.96. The number of rotatable bonds is 3. The minimum absolute atomic E-state index is 0. The molecule has 0 amide bonds. The Labute approximate surface area is 95.4 Å². The second-order valence-electron chi connectivity index (χ2n) is 4.09. The van der Waals surface area contributed by atoms with Crippen LogP contribution in [0.1, 0.15) is 24.3 Å². The van der Waals surface area contributed by atoms with E-state index in [1.165, 1.54) is 0 Å². The Morgan fingerprint density at radius 1 is 1.67 bits per heavy atom.